The third-order valence-corrected chi connectivity index (χ3v) is 4.24. The minimum Gasteiger partial charge on any atom is -0.383 e. The highest BCUT2D eigenvalue weighted by Crippen LogP contribution is 2.33. The van der Waals surface area contributed by atoms with Crippen molar-refractivity contribution in [2.24, 2.45) is 0 Å². The van der Waals surface area contributed by atoms with E-state index in [2.05, 4.69) is 35.7 Å². The number of nitrogens with one attached hydrogen (secondary N) is 3. The molecule has 3 heterocycles. The molecule has 1 saturated carbocycles. The van der Waals surface area contributed by atoms with E-state index >= 15 is 0 Å². The number of nitrogens with zero attached hydrogens (tertiary/aromatic N) is 4. The number of aromatic nitrogens is 6. The average molecular weight is 312 g/mol. The molecule has 0 aromatic carbocycles. The Balaban J connectivity index is 1.57. The summed E-state index contributed by atoms with van der Waals surface area (Å²) in [4.78, 5) is 20.3. The van der Waals surface area contributed by atoms with E-state index in [0.717, 1.165) is 18.5 Å². The zero-order valence-electron chi connectivity index (χ0n) is 12.3. The molecule has 9 heteroatoms. The van der Waals surface area contributed by atoms with Crippen LogP contribution in [0.3, 0.4) is 0 Å². The molecule has 1 aliphatic rings. The van der Waals surface area contributed by atoms with Crippen molar-refractivity contribution in [3.8, 4) is 0 Å². The highest BCUT2D eigenvalue weighted by atomic mass is 16.2. The number of H-pyrrole nitrogens is 2. The number of carbonyl (C=O) groups excluding carboxylic acids is 1. The fourth-order valence-corrected chi connectivity index (χ4v) is 3.07. The highest BCUT2D eigenvalue weighted by Gasteiger charge is 2.21. The Morgan fingerprint density at radius 3 is 2.87 bits per heavy atom. The van der Waals surface area contributed by atoms with E-state index in [1.165, 1.54) is 19.2 Å². The Morgan fingerprint density at radius 1 is 1.22 bits per heavy atom. The summed E-state index contributed by atoms with van der Waals surface area (Å²) in [6.07, 6.45) is 6.12. The summed E-state index contributed by atoms with van der Waals surface area (Å²) < 4.78 is 0. The first-order chi connectivity index (χ1) is 11.2. The first-order valence-electron chi connectivity index (χ1n) is 7.53. The topological polar surface area (TPSA) is 138 Å². The van der Waals surface area contributed by atoms with Crippen LogP contribution in [0.15, 0.2) is 12.4 Å². The van der Waals surface area contributed by atoms with Gasteiger partial charge in [0.2, 0.25) is 0 Å². The fourth-order valence-electron chi connectivity index (χ4n) is 3.07. The highest BCUT2D eigenvalue weighted by molar-refractivity contribution is 6.12. The van der Waals surface area contributed by atoms with Gasteiger partial charge in [0.05, 0.1) is 5.39 Å². The maximum absolute atomic E-state index is 12.4. The number of nitrogens with two attached hydrogens (primary N) is 1. The van der Waals surface area contributed by atoms with E-state index in [4.69, 9.17) is 5.73 Å². The van der Waals surface area contributed by atoms with Crippen LogP contribution in [0, 0.1) is 0 Å². The van der Waals surface area contributed by atoms with Gasteiger partial charge >= 0.3 is 0 Å². The Morgan fingerprint density at radius 2 is 2.04 bits per heavy atom. The molecule has 0 aliphatic heterocycles. The Kier molecular flexibility index (Phi) is 3.18. The lowest BCUT2D eigenvalue weighted by atomic mass is 10.0. The minimum atomic E-state index is -0.401. The van der Waals surface area contributed by atoms with Crippen LogP contribution in [0.4, 0.5) is 11.6 Å². The Labute approximate surface area is 131 Å². The predicted molar refractivity (Wildman–Crippen MR) is 83.8 cm³/mol. The molecule has 118 valence electrons. The number of hydrogen-bond acceptors (Lipinski definition) is 6. The van der Waals surface area contributed by atoms with Crippen LogP contribution in [-0.4, -0.2) is 36.3 Å². The van der Waals surface area contributed by atoms with Crippen molar-refractivity contribution in [3.63, 3.8) is 0 Å². The van der Waals surface area contributed by atoms with Gasteiger partial charge in [-0.2, -0.15) is 10.2 Å². The van der Waals surface area contributed by atoms with E-state index in [1.54, 1.807) is 0 Å². The molecule has 0 unspecified atom stereocenters. The molecule has 1 fully saturated rings. The SMILES string of the molecule is Nc1ncnc2[nH]nc(C(=O)Nc3cc(C4CCCC4)[nH]n3)c12. The van der Waals surface area contributed by atoms with Crippen molar-refractivity contribution >= 4 is 28.6 Å². The van der Waals surface area contributed by atoms with Gasteiger partial charge in [0.25, 0.3) is 5.91 Å². The van der Waals surface area contributed by atoms with E-state index in [1.807, 2.05) is 6.07 Å². The number of aromatic amines is 2. The summed E-state index contributed by atoms with van der Waals surface area (Å²) in [5, 5.41) is 17.0. The van der Waals surface area contributed by atoms with Gasteiger partial charge in [0.1, 0.15) is 12.1 Å². The fraction of sp³-hybridized carbons (Fsp3) is 0.357. The van der Waals surface area contributed by atoms with E-state index in [0.29, 0.717) is 22.8 Å². The molecule has 0 radical (unpaired) electrons. The lowest BCUT2D eigenvalue weighted by Gasteiger charge is -2.03. The third-order valence-electron chi connectivity index (χ3n) is 4.24. The summed E-state index contributed by atoms with van der Waals surface area (Å²) in [5.74, 6) is 0.789. The maximum atomic E-state index is 12.4. The van der Waals surface area contributed by atoms with Crippen LogP contribution in [-0.2, 0) is 0 Å². The van der Waals surface area contributed by atoms with Crippen molar-refractivity contribution in [2.45, 2.75) is 31.6 Å². The summed E-state index contributed by atoms with van der Waals surface area (Å²) in [7, 11) is 0. The van der Waals surface area contributed by atoms with Crippen molar-refractivity contribution in [1.82, 2.24) is 30.4 Å². The number of carbonyl (C=O) groups is 1. The molecule has 23 heavy (non-hydrogen) atoms. The maximum Gasteiger partial charge on any atom is 0.278 e. The van der Waals surface area contributed by atoms with Crippen LogP contribution in [0.1, 0.15) is 47.8 Å². The molecule has 0 bridgehead atoms. The molecule has 0 atom stereocenters. The van der Waals surface area contributed by atoms with Gasteiger partial charge in [0, 0.05) is 17.7 Å². The second kappa shape index (κ2) is 5.34. The van der Waals surface area contributed by atoms with Gasteiger partial charge < -0.3 is 11.1 Å². The Bertz CT molecular complexity index is 861. The zero-order chi connectivity index (χ0) is 15.8. The van der Waals surface area contributed by atoms with Crippen LogP contribution in [0.2, 0.25) is 0 Å². The van der Waals surface area contributed by atoms with Gasteiger partial charge in [-0.3, -0.25) is 15.0 Å². The molecule has 1 aliphatic carbocycles. The first kappa shape index (κ1) is 13.7. The summed E-state index contributed by atoms with van der Waals surface area (Å²) in [6, 6.07) is 1.88. The molecule has 3 aromatic rings. The molecule has 0 saturated heterocycles. The first-order valence-corrected chi connectivity index (χ1v) is 7.53. The molecule has 9 nitrogen and oxygen atoms in total. The molecule has 0 spiro atoms. The molecule has 5 N–H and O–H groups in total. The number of amides is 1. The predicted octanol–water partition coefficient (Wildman–Crippen LogP) is 1.57. The van der Waals surface area contributed by atoms with Crippen molar-refractivity contribution in [1.29, 1.82) is 0 Å². The summed E-state index contributed by atoms with van der Waals surface area (Å²) in [6.45, 7) is 0. The van der Waals surface area contributed by atoms with Crippen LogP contribution in [0.5, 0.6) is 0 Å². The van der Waals surface area contributed by atoms with Gasteiger partial charge in [0.15, 0.2) is 17.2 Å². The molecule has 1 amide bonds. The van der Waals surface area contributed by atoms with Gasteiger partial charge in [-0.1, -0.05) is 12.8 Å². The second-order valence-electron chi connectivity index (χ2n) is 5.70. The lowest BCUT2D eigenvalue weighted by molar-refractivity contribution is 0.102. The normalized spacial score (nSPS) is 15.3. The number of nitrogen functional groups attached to an aromatic ring is 1. The van der Waals surface area contributed by atoms with Crippen molar-refractivity contribution in [2.75, 3.05) is 11.1 Å². The van der Waals surface area contributed by atoms with E-state index in [9.17, 15) is 4.79 Å². The molecular weight excluding hydrogens is 296 g/mol. The Hall–Kier alpha value is -2.97. The molecule has 4 rings (SSSR count). The van der Waals surface area contributed by atoms with Crippen LogP contribution in [0.25, 0.3) is 11.0 Å². The zero-order valence-corrected chi connectivity index (χ0v) is 12.3. The van der Waals surface area contributed by atoms with Gasteiger partial charge in [-0.15, -0.1) is 0 Å². The summed E-state index contributed by atoms with van der Waals surface area (Å²) >= 11 is 0. The van der Waals surface area contributed by atoms with Gasteiger partial charge in [-0.25, -0.2) is 9.97 Å². The van der Waals surface area contributed by atoms with E-state index < -0.39 is 5.91 Å². The smallest absolute Gasteiger partial charge is 0.278 e. The number of anilines is 2. The van der Waals surface area contributed by atoms with Crippen molar-refractivity contribution in [3.05, 3.63) is 23.8 Å². The standard InChI is InChI=1S/C14H16N8O/c15-12-10-11(21-22-13(10)17-6-16-12)14(23)18-9-5-8(19-20-9)7-3-1-2-4-7/h5-7H,1-4H2,(H2,18,19,20,23)(H3,15,16,17,21,22). The second-order valence-corrected chi connectivity index (χ2v) is 5.70. The molecular formula is C14H16N8O. The number of fused-ring (bicyclic) bond motifs is 1. The monoisotopic (exact) mass is 312 g/mol. The number of hydrogen-bond donors (Lipinski definition) is 4. The van der Waals surface area contributed by atoms with Crippen LogP contribution >= 0.6 is 0 Å². The molecule has 3 aromatic heterocycles. The van der Waals surface area contributed by atoms with Gasteiger partial charge in [-0.05, 0) is 12.8 Å². The largest absolute Gasteiger partial charge is 0.383 e. The summed E-state index contributed by atoms with van der Waals surface area (Å²) in [5.41, 5.74) is 7.45. The lowest BCUT2D eigenvalue weighted by Crippen LogP contribution is -2.13. The average Bonchev–Trinajstić information content (AvgIpc) is 3.27. The minimum absolute atomic E-state index is 0.156. The van der Waals surface area contributed by atoms with E-state index in [-0.39, 0.29) is 11.5 Å². The van der Waals surface area contributed by atoms with Crippen molar-refractivity contribution < 1.29 is 4.79 Å². The quantitative estimate of drug-likeness (QED) is 0.579. The number of rotatable bonds is 3. The third kappa shape index (κ3) is 2.39. The van der Waals surface area contributed by atoms with Crippen LogP contribution < -0.4 is 11.1 Å².